The number of hydrogen-bond donors (Lipinski definition) is 2. The second-order valence-electron chi connectivity index (χ2n) is 6.87. The van der Waals surface area contributed by atoms with Gasteiger partial charge in [0, 0.05) is 18.1 Å². The fourth-order valence-electron chi connectivity index (χ4n) is 3.63. The standard InChI is InChI=1S/C21H16FN5O/c1-11-25-17-8-16(22)19(9-18(17)26-11)27-21(23)15(10-24-27)20(28)14-6-12-4-2-3-5-13(12)7-14/h2-6,8-10H,7,23H2,1H3,(H,25,26). The highest BCUT2D eigenvalue weighted by molar-refractivity contribution is 6.15. The molecule has 2 aromatic carbocycles. The summed E-state index contributed by atoms with van der Waals surface area (Å²) in [6, 6.07) is 10.8. The lowest BCUT2D eigenvalue weighted by molar-refractivity contribution is 0.103. The Hall–Kier alpha value is -3.74. The smallest absolute Gasteiger partial charge is 0.194 e. The molecule has 0 bridgehead atoms. The van der Waals surface area contributed by atoms with Gasteiger partial charge < -0.3 is 10.7 Å². The molecule has 0 aliphatic heterocycles. The topological polar surface area (TPSA) is 89.6 Å². The molecule has 0 spiro atoms. The van der Waals surface area contributed by atoms with E-state index in [1.54, 1.807) is 13.0 Å². The largest absolute Gasteiger partial charge is 0.383 e. The molecule has 0 fully saturated rings. The monoisotopic (exact) mass is 373 g/mol. The van der Waals surface area contributed by atoms with Gasteiger partial charge in [-0.25, -0.2) is 14.1 Å². The quantitative estimate of drug-likeness (QED) is 0.537. The fraction of sp³-hybridized carbons (Fsp3) is 0.0952. The van der Waals surface area contributed by atoms with Crippen LogP contribution in [0.4, 0.5) is 10.2 Å². The normalized spacial score (nSPS) is 13.0. The number of H-pyrrole nitrogens is 1. The van der Waals surface area contributed by atoms with E-state index in [0.717, 1.165) is 11.1 Å². The zero-order chi connectivity index (χ0) is 19.4. The highest BCUT2D eigenvalue weighted by Crippen LogP contribution is 2.30. The average Bonchev–Trinajstić information content (AvgIpc) is 3.36. The fourth-order valence-corrected chi connectivity index (χ4v) is 3.63. The lowest BCUT2D eigenvalue weighted by atomic mass is 10.0. The number of fused-ring (bicyclic) bond motifs is 2. The first-order valence-corrected chi connectivity index (χ1v) is 8.84. The Morgan fingerprint density at radius 2 is 2.11 bits per heavy atom. The maximum absolute atomic E-state index is 14.6. The van der Waals surface area contributed by atoms with Gasteiger partial charge in [0.15, 0.2) is 11.6 Å². The molecule has 0 amide bonds. The van der Waals surface area contributed by atoms with Gasteiger partial charge in [0.25, 0.3) is 0 Å². The van der Waals surface area contributed by atoms with Crippen molar-refractivity contribution in [3.8, 4) is 5.69 Å². The number of Topliss-reactive ketones (excluding diaryl/α,β-unsaturated/α-hetero) is 1. The van der Waals surface area contributed by atoms with Gasteiger partial charge in [-0.3, -0.25) is 4.79 Å². The molecule has 1 aliphatic rings. The van der Waals surface area contributed by atoms with Crippen molar-refractivity contribution in [2.24, 2.45) is 0 Å². The Morgan fingerprint density at radius 3 is 2.93 bits per heavy atom. The molecule has 5 rings (SSSR count). The van der Waals surface area contributed by atoms with E-state index in [2.05, 4.69) is 15.1 Å². The number of carbonyl (C=O) groups is 1. The Bertz CT molecular complexity index is 1300. The lowest BCUT2D eigenvalue weighted by Gasteiger charge is -2.07. The third-order valence-corrected chi connectivity index (χ3v) is 5.01. The maximum Gasteiger partial charge on any atom is 0.194 e. The van der Waals surface area contributed by atoms with Crippen LogP contribution in [0, 0.1) is 12.7 Å². The molecule has 2 aromatic heterocycles. The summed E-state index contributed by atoms with van der Waals surface area (Å²) in [6.45, 7) is 1.80. The summed E-state index contributed by atoms with van der Waals surface area (Å²) >= 11 is 0. The molecular weight excluding hydrogens is 357 g/mol. The third kappa shape index (κ3) is 2.44. The van der Waals surface area contributed by atoms with E-state index in [1.807, 2.05) is 30.3 Å². The van der Waals surface area contributed by atoms with Gasteiger partial charge in [-0.2, -0.15) is 5.10 Å². The van der Waals surface area contributed by atoms with Gasteiger partial charge in [-0.15, -0.1) is 0 Å². The highest BCUT2D eigenvalue weighted by atomic mass is 19.1. The Balaban J connectivity index is 1.54. The van der Waals surface area contributed by atoms with Crippen molar-refractivity contribution >= 4 is 28.7 Å². The molecule has 138 valence electrons. The zero-order valence-electron chi connectivity index (χ0n) is 15.0. The number of nitrogens with zero attached hydrogens (tertiary/aromatic N) is 3. The van der Waals surface area contributed by atoms with Crippen LogP contribution in [0.2, 0.25) is 0 Å². The Kier molecular flexibility index (Phi) is 3.45. The highest BCUT2D eigenvalue weighted by Gasteiger charge is 2.24. The molecule has 0 radical (unpaired) electrons. The van der Waals surface area contributed by atoms with Crippen molar-refractivity contribution in [1.82, 2.24) is 19.7 Å². The number of allylic oxidation sites excluding steroid dienone is 1. The van der Waals surface area contributed by atoms with E-state index >= 15 is 0 Å². The number of nitrogens with one attached hydrogen (secondary N) is 1. The SMILES string of the molecule is Cc1nc2cc(-n3ncc(C(=O)C4=Cc5ccccc5C4)c3N)c(F)cc2[nH]1. The number of hydrogen-bond acceptors (Lipinski definition) is 4. The van der Waals surface area contributed by atoms with Gasteiger partial charge >= 0.3 is 0 Å². The van der Waals surface area contributed by atoms with E-state index in [0.29, 0.717) is 28.9 Å². The summed E-state index contributed by atoms with van der Waals surface area (Å²) in [4.78, 5) is 20.3. The molecule has 0 saturated carbocycles. The van der Waals surface area contributed by atoms with Crippen molar-refractivity contribution in [3.05, 3.63) is 76.5 Å². The van der Waals surface area contributed by atoms with Crippen LogP contribution in [0.25, 0.3) is 22.8 Å². The first-order valence-electron chi connectivity index (χ1n) is 8.84. The number of rotatable bonds is 3. The lowest BCUT2D eigenvalue weighted by Crippen LogP contribution is -2.09. The van der Waals surface area contributed by atoms with Crippen LogP contribution in [-0.2, 0) is 6.42 Å². The molecule has 6 nitrogen and oxygen atoms in total. The van der Waals surface area contributed by atoms with Crippen molar-refractivity contribution in [2.45, 2.75) is 13.3 Å². The summed E-state index contributed by atoms with van der Waals surface area (Å²) in [6.07, 6.45) is 3.81. The van der Waals surface area contributed by atoms with Crippen molar-refractivity contribution in [2.75, 3.05) is 5.73 Å². The maximum atomic E-state index is 14.6. The minimum atomic E-state index is -0.502. The van der Waals surface area contributed by atoms with Crippen molar-refractivity contribution < 1.29 is 9.18 Å². The average molecular weight is 373 g/mol. The van der Waals surface area contributed by atoms with Gasteiger partial charge in [0.1, 0.15) is 17.3 Å². The summed E-state index contributed by atoms with van der Waals surface area (Å²) in [5.74, 6) is 0.0884. The molecular formula is C21H16FN5O. The van der Waals surface area contributed by atoms with Crippen molar-refractivity contribution in [1.29, 1.82) is 0 Å². The number of halogens is 1. The van der Waals surface area contributed by atoms with Crippen LogP contribution in [0.5, 0.6) is 0 Å². The minimum Gasteiger partial charge on any atom is -0.383 e. The number of benzene rings is 2. The summed E-state index contributed by atoms with van der Waals surface area (Å²) in [7, 11) is 0. The van der Waals surface area contributed by atoms with E-state index in [-0.39, 0.29) is 22.9 Å². The van der Waals surface area contributed by atoms with E-state index < -0.39 is 5.82 Å². The second-order valence-corrected chi connectivity index (χ2v) is 6.87. The van der Waals surface area contributed by atoms with Crippen LogP contribution < -0.4 is 5.73 Å². The molecule has 4 aromatic rings. The van der Waals surface area contributed by atoms with Crippen LogP contribution in [-0.4, -0.2) is 25.5 Å². The first-order chi connectivity index (χ1) is 13.5. The van der Waals surface area contributed by atoms with Crippen LogP contribution >= 0.6 is 0 Å². The Labute approximate surface area is 159 Å². The number of aromatic amines is 1. The van der Waals surface area contributed by atoms with Gasteiger partial charge in [-0.1, -0.05) is 24.3 Å². The Morgan fingerprint density at radius 1 is 1.29 bits per heavy atom. The number of carbonyl (C=O) groups excluding carboxylic acids is 1. The molecule has 0 unspecified atom stereocenters. The summed E-state index contributed by atoms with van der Waals surface area (Å²) < 4.78 is 15.9. The predicted molar refractivity (Wildman–Crippen MR) is 105 cm³/mol. The minimum absolute atomic E-state index is 0.104. The first kappa shape index (κ1) is 16.4. The molecule has 0 atom stereocenters. The number of aromatic nitrogens is 4. The number of ketones is 1. The molecule has 28 heavy (non-hydrogen) atoms. The third-order valence-electron chi connectivity index (χ3n) is 5.01. The number of nitrogens with two attached hydrogens (primary N) is 1. The number of aryl methyl sites for hydroxylation is 1. The molecule has 3 N–H and O–H groups in total. The second kappa shape index (κ2) is 5.88. The van der Waals surface area contributed by atoms with Crippen LogP contribution in [0.1, 0.15) is 27.3 Å². The van der Waals surface area contributed by atoms with Gasteiger partial charge in [0.05, 0.1) is 22.8 Å². The van der Waals surface area contributed by atoms with E-state index in [4.69, 9.17) is 5.73 Å². The molecule has 7 heteroatoms. The van der Waals surface area contributed by atoms with Crippen LogP contribution in [0.3, 0.4) is 0 Å². The summed E-state index contributed by atoms with van der Waals surface area (Å²) in [5.41, 5.74) is 10.6. The number of nitrogen functional groups attached to an aromatic ring is 1. The zero-order valence-corrected chi connectivity index (χ0v) is 15.0. The van der Waals surface area contributed by atoms with Crippen molar-refractivity contribution in [3.63, 3.8) is 0 Å². The van der Waals surface area contributed by atoms with E-state index in [1.165, 1.54) is 16.9 Å². The molecule has 2 heterocycles. The molecule has 1 aliphatic carbocycles. The number of anilines is 1. The van der Waals surface area contributed by atoms with Crippen LogP contribution in [0.15, 0.2) is 48.2 Å². The summed E-state index contributed by atoms with van der Waals surface area (Å²) in [5, 5.41) is 4.17. The van der Waals surface area contributed by atoms with E-state index in [9.17, 15) is 9.18 Å². The number of imidazole rings is 1. The van der Waals surface area contributed by atoms with Gasteiger partial charge in [0.2, 0.25) is 0 Å². The molecule has 0 saturated heterocycles. The van der Waals surface area contributed by atoms with Gasteiger partial charge in [-0.05, 0) is 30.2 Å². The predicted octanol–water partition coefficient (Wildman–Crippen LogP) is 3.60.